The van der Waals surface area contributed by atoms with Crippen LogP contribution in [0.15, 0.2) is 35.5 Å². The van der Waals surface area contributed by atoms with Crippen LogP contribution in [0.25, 0.3) is 0 Å². The smallest absolute Gasteiger partial charge is 0.148 e. The number of aliphatic hydroxyl groups excluding tert-OH is 1. The second-order valence-electron chi connectivity index (χ2n) is 2.50. The van der Waals surface area contributed by atoms with Gasteiger partial charge >= 0.3 is 0 Å². The molecule has 1 aliphatic carbocycles. The van der Waals surface area contributed by atoms with Gasteiger partial charge in [0.2, 0.25) is 0 Å². The summed E-state index contributed by atoms with van der Waals surface area (Å²) in [5.74, 6) is 0. The third-order valence-electron chi connectivity index (χ3n) is 1.52. The van der Waals surface area contributed by atoms with Crippen LogP contribution in [0.3, 0.4) is 0 Å². The molecule has 0 saturated carbocycles. The van der Waals surface area contributed by atoms with Gasteiger partial charge in [0.15, 0.2) is 0 Å². The van der Waals surface area contributed by atoms with Gasteiger partial charge in [-0.1, -0.05) is 23.8 Å². The average molecular weight is 150 g/mol. The van der Waals surface area contributed by atoms with Gasteiger partial charge in [-0.2, -0.15) is 0 Å². The van der Waals surface area contributed by atoms with Crippen molar-refractivity contribution in [3.05, 3.63) is 35.5 Å². The van der Waals surface area contributed by atoms with Gasteiger partial charge in [0, 0.05) is 5.57 Å². The molecule has 0 fully saturated rings. The Morgan fingerprint density at radius 3 is 3.00 bits per heavy atom. The highest BCUT2D eigenvalue weighted by atomic mass is 16.3. The van der Waals surface area contributed by atoms with Gasteiger partial charge in [0.1, 0.15) is 12.4 Å². The first-order chi connectivity index (χ1) is 5.24. The van der Waals surface area contributed by atoms with Gasteiger partial charge in [-0.3, -0.25) is 4.79 Å². The Kier molecular flexibility index (Phi) is 2.39. The second-order valence-corrected chi connectivity index (χ2v) is 2.50. The van der Waals surface area contributed by atoms with Crippen molar-refractivity contribution in [2.24, 2.45) is 0 Å². The molecule has 11 heavy (non-hydrogen) atoms. The highest BCUT2D eigenvalue weighted by Gasteiger charge is 2.06. The summed E-state index contributed by atoms with van der Waals surface area (Å²) in [6.45, 7) is 1.88. The van der Waals surface area contributed by atoms with Gasteiger partial charge in [-0.25, -0.2) is 0 Å². The van der Waals surface area contributed by atoms with Crippen molar-refractivity contribution in [2.45, 2.75) is 13.0 Å². The molecule has 2 nitrogen and oxygen atoms in total. The maximum Gasteiger partial charge on any atom is 0.148 e. The molecule has 1 aliphatic rings. The lowest BCUT2D eigenvalue weighted by Crippen LogP contribution is -2.06. The Labute approximate surface area is 65.5 Å². The van der Waals surface area contributed by atoms with Crippen LogP contribution in [0.2, 0.25) is 0 Å². The fourth-order valence-electron chi connectivity index (χ4n) is 0.924. The molecule has 0 heterocycles. The van der Waals surface area contributed by atoms with E-state index >= 15 is 0 Å². The van der Waals surface area contributed by atoms with Gasteiger partial charge in [-0.15, -0.1) is 0 Å². The largest absolute Gasteiger partial charge is 0.384 e. The first-order valence-electron chi connectivity index (χ1n) is 3.44. The fourth-order valence-corrected chi connectivity index (χ4v) is 0.924. The first kappa shape index (κ1) is 7.95. The van der Waals surface area contributed by atoms with E-state index in [1.165, 1.54) is 0 Å². The topological polar surface area (TPSA) is 37.3 Å². The van der Waals surface area contributed by atoms with Crippen molar-refractivity contribution in [3.63, 3.8) is 0 Å². The third-order valence-corrected chi connectivity index (χ3v) is 1.52. The van der Waals surface area contributed by atoms with E-state index in [2.05, 4.69) is 0 Å². The summed E-state index contributed by atoms with van der Waals surface area (Å²) in [6.07, 6.45) is 6.78. The molecule has 0 radical (unpaired) electrons. The van der Waals surface area contributed by atoms with Crippen molar-refractivity contribution < 1.29 is 9.90 Å². The monoisotopic (exact) mass is 150 g/mol. The summed E-state index contributed by atoms with van der Waals surface area (Å²) < 4.78 is 0. The molecule has 0 aromatic carbocycles. The third kappa shape index (κ3) is 1.88. The van der Waals surface area contributed by atoms with Crippen LogP contribution in [-0.2, 0) is 4.79 Å². The molecule has 1 N–H and O–H groups in total. The van der Waals surface area contributed by atoms with Crippen LogP contribution in [0, 0.1) is 0 Å². The molecular formula is C9H10O2. The molecule has 0 amide bonds. The predicted octanol–water partition coefficient (Wildman–Crippen LogP) is 0.989. The van der Waals surface area contributed by atoms with E-state index in [-0.39, 0.29) is 0 Å². The zero-order valence-electron chi connectivity index (χ0n) is 6.32. The summed E-state index contributed by atoms with van der Waals surface area (Å²) >= 11 is 0. The van der Waals surface area contributed by atoms with E-state index in [9.17, 15) is 9.90 Å². The number of allylic oxidation sites excluding steroid dienone is 4. The van der Waals surface area contributed by atoms with Crippen molar-refractivity contribution in [1.82, 2.24) is 0 Å². The molecule has 0 spiro atoms. The molecule has 0 aromatic heterocycles. The molecular weight excluding hydrogens is 140 g/mol. The molecule has 0 bridgehead atoms. The normalized spacial score (nSPS) is 23.6. The van der Waals surface area contributed by atoms with Crippen LogP contribution >= 0.6 is 0 Å². The lowest BCUT2D eigenvalue weighted by atomic mass is 10.1. The highest BCUT2D eigenvalue weighted by molar-refractivity contribution is 5.76. The number of aldehydes is 1. The minimum Gasteiger partial charge on any atom is -0.384 e. The van der Waals surface area contributed by atoms with E-state index in [0.717, 1.165) is 5.57 Å². The lowest BCUT2D eigenvalue weighted by Gasteiger charge is -2.01. The number of rotatable bonds is 1. The summed E-state index contributed by atoms with van der Waals surface area (Å²) in [6, 6.07) is 0. The number of aliphatic hydroxyl groups is 1. The summed E-state index contributed by atoms with van der Waals surface area (Å²) in [7, 11) is 0. The van der Waals surface area contributed by atoms with Crippen molar-refractivity contribution >= 4 is 6.29 Å². The maximum absolute atomic E-state index is 10.4. The fraction of sp³-hybridized carbons (Fsp3) is 0.222. The van der Waals surface area contributed by atoms with E-state index < -0.39 is 6.10 Å². The highest BCUT2D eigenvalue weighted by Crippen LogP contribution is 2.10. The second kappa shape index (κ2) is 3.30. The van der Waals surface area contributed by atoms with E-state index in [0.29, 0.717) is 11.9 Å². The minimum atomic E-state index is -0.749. The van der Waals surface area contributed by atoms with Crippen molar-refractivity contribution in [2.75, 3.05) is 0 Å². The molecule has 0 aliphatic heterocycles. The van der Waals surface area contributed by atoms with E-state index in [1.54, 1.807) is 18.2 Å². The molecule has 0 aromatic rings. The van der Waals surface area contributed by atoms with Crippen LogP contribution < -0.4 is 0 Å². The van der Waals surface area contributed by atoms with Gasteiger partial charge < -0.3 is 5.11 Å². The number of carbonyl (C=O) groups is 1. The van der Waals surface area contributed by atoms with E-state index in [1.807, 2.05) is 13.0 Å². The Morgan fingerprint density at radius 2 is 2.36 bits per heavy atom. The Hall–Kier alpha value is -1.15. The molecule has 0 saturated heterocycles. The molecule has 2 heteroatoms. The average Bonchev–Trinajstić information content (AvgIpc) is 2.13. The Bertz CT molecular complexity index is 246. The maximum atomic E-state index is 10.4. The van der Waals surface area contributed by atoms with Gasteiger partial charge in [0.25, 0.3) is 0 Å². The van der Waals surface area contributed by atoms with Crippen LogP contribution in [-0.4, -0.2) is 17.5 Å². The first-order valence-corrected chi connectivity index (χ1v) is 3.44. The zero-order valence-corrected chi connectivity index (χ0v) is 6.32. The van der Waals surface area contributed by atoms with Crippen LogP contribution in [0.1, 0.15) is 6.92 Å². The lowest BCUT2D eigenvalue weighted by molar-refractivity contribution is -0.105. The molecule has 1 rings (SSSR count). The quantitative estimate of drug-likeness (QED) is 0.566. The number of hydrogen-bond acceptors (Lipinski definition) is 2. The molecule has 1 unspecified atom stereocenters. The number of hydrogen-bond donors (Lipinski definition) is 1. The van der Waals surface area contributed by atoms with E-state index in [4.69, 9.17) is 0 Å². The minimum absolute atomic E-state index is 0.410. The molecule has 58 valence electrons. The Morgan fingerprint density at radius 1 is 1.64 bits per heavy atom. The van der Waals surface area contributed by atoms with Gasteiger partial charge in [0.05, 0.1) is 0 Å². The number of carbonyl (C=O) groups excluding carboxylic acids is 1. The van der Waals surface area contributed by atoms with Crippen LogP contribution in [0.5, 0.6) is 0 Å². The van der Waals surface area contributed by atoms with Gasteiger partial charge in [-0.05, 0) is 13.0 Å². The SMILES string of the molecule is CC1=CC=CC(O)C(C=O)=C1. The summed E-state index contributed by atoms with van der Waals surface area (Å²) in [4.78, 5) is 10.4. The zero-order chi connectivity index (χ0) is 8.27. The Balaban J connectivity index is 2.98. The van der Waals surface area contributed by atoms with Crippen molar-refractivity contribution in [3.8, 4) is 0 Å². The summed E-state index contributed by atoms with van der Waals surface area (Å²) in [5, 5.41) is 9.25. The summed E-state index contributed by atoms with van der Waals surface area (Å²) in [5.41, 5.74) is 1.38. The molecule has 1 atom stereocenters. The van der Waals surface area contributed by atoms with Crippen LogP contribution in [0.4, 0.5) is 0 Å². The standard InChI is InChI=1S/C9H10O2/c1-7-3-2-4-9(11)8(5-7)6-10/h2-6,9,11H,1H3. The van der Waals surface area contributed by atoms with Crippen molar-refractivity contribution in [1.29, 1.82) is 0 Å². The predicted molar refractivity (Wildman–Crippen MR) is 43.1 cm³/mol.